The third-order valence-electron chi connectivity index (χ3n) is 2.92. The molecule has 0 saturated heterocycles. The molecule has 0 saturated carbocycles. The number of rotatable bonds is 11. The van der Waals surface area contributed by atoms with Crippen molar-refractivity contribution in [2.75, 3.05) is 0 Å². The topological polar surface area (TPSA) is 233 Å². The summed E-state index contributed by atoms with van der Waals surface area (Å²) in [7, 11) is 0. The fraction of sp³-hybridized carbons (Fsp3) is 0.500. The van der Waals surface area contributed by atoms with Crippen LogP contribution in [0.15, 0.2) is 0 Å². The van der Waals surface area contributed by atoms with E-state index in [0.717, 1.165) is 0 Å². The maximum Gasteiger partial charge on any atom is 0.345 e. The Balaban J connectivity index is 5.31. The number of carboxylic acids is 5. The molecule has 0 amide bonds. The summed E-state index contributed by atoms with van der Waals surface area (Å²) in [6.45, 7) is 0. The van der Waals surface area contributed by atoms with Gasteiger partial charge in [0, 0.05) is 0 Å². The second-order valence-electron chi connectivity index (χ2n) is 4.72. The number of ether oxygens (including phenoxy) is 1. The summed E-state index contributed by atoms with van der Waals surface area (Å²) in [5.74, 6) is -15.5. The largest absolute Gasteiger partial charge is 0.481 e. The van der Waals surface area contributed by atoms with E-state index >= 15 is 0 Å². The molecule has 0 aliphatic heterocycles. The van der Waals surface area contributed by atoms with Crippen molar-refractivity contribution in [2.45, 2.75) is 25.0 Å². The first-order valence-electron chi connectivity index (χ1n) is 6.39. The molecule has 140 valence electrons. The molecule has 0 spiro atoms. The fourth-order valence-corrected chi connectivity index (χ4v) is 1.69. The highest BCUT2D eigenvalue weighted by atomic mass is 16.6. The Hall–Kier alpha value is -3.22. The minimum Gasteiger partial charge on any atom is -0.481 e. The Morgan fingerprint density at radius 2 is 1.16 bits per heavy atom. The van der Waals surface area contributed by atoms with Crippen LogP contribution in [0.25, 0.3) is 0 Å². The van der Waals surface area contributed by atoms with E-state index in [1.807, 2.05) is 0 Å². The van der Waals surface area contributed by atoms with Gasteiger partial charge in [0.1, 0.15) is 11.8 Å². The van der Waals surface area contributed by atoms with Crippen LogP contribution in [0, 0.1) is 11.8 Å². The van der Waals surface area contributed by atoms with Gasteiger partial charge in [0.25, 0.3) is 0 Å². The second-order valence-corrected chi connectivity index (χ2v) is 4.72. The lowest BCUT2D eigenvalue weighted by Gasteiger charge is -2.21. The van der Waals surface area contributed by atoms with Crippen molar-refractivity contribution in [1.82, 2.24) is 0 Å². The smallest absolute Gasteiger partial charge is 0.345 e. The molecule has 0 heterocycles. The molecule has 0 rings (SSSR count). The van der Waals surface area contributed by atoms with Gasteiger partial charge in [-0.05, 0) is 0 Å². The quantitative estimate of drug-likeness (QED) is 0.211. The van der Waals surface area contributed by atoms with Gasteiger partial charge in [-0.1, -0.05) is 0 Å². The zero-order valence-corrected chi connectivity index (χ0v) is 12.3. The van der Waals surface area contributed by atoms with Crippen LogP contribution in [0.5, 0.6) is 0 Å². The zero-order chi connectivity index (χ0) is 19.9. The SMILES string of the molecule is O=C(O)CC(C(=O)O)C(OC(=O)CC(C(=O)O)C(O)C(=O)O)C(=O)O. The zero-order valence-electron chi connectivity index (χ0n) is 12.3. The van der Waals surface area contributed by atoms with Crippen LogP contribution in [-0.2, 0) is 33.5 Å². The standard InChI is InChI=1S/C12H14O13/c13-5(14)1-4(10(19)20)8(12(23)24)25-6(15)2-3(9(17)18)7(16)11(21)22/h3-4,7-8,16H,1-2H2,(H,13,14)(H,17,18)(H,19,20)(H,21,22)(H,23,24). The first-order chi connectivity index (χ1) is 11.4. The molecule has 6 N–H and O–H groups in total. The molecular weight excluding hydrogens is 352 g/mol. The second kappa shape index (κ2) is 9.17. The van der Waals surface area contributed by atoms with Crippen molar-refractivity contribution in [3.8, 4) is 0 Å². The molecule has 0 bridgehead atoms. The molecule has 0 aromatic heterocycles. The molecule has 13 nitrogen and oxygen atoms in total. The van der Waals surface area contributed by atoms with Crippen molar-refractivity contribution >= 4 is 35.8 Å². The summed E-state index contributed by atoms with van der Waals surface area (Å²) < 4.78 is 4.30. The van der Waals surface area contributed by atoms with Gasteiger partial charge in [0.05, 0.1) is 12.8 Å². The monoisotopic (exact) mass is 366 g/mol. The summed E-state index contributed by atoms with van der Waals surface area (Å²) in [6.07, 6.45) is -7.47. The highest BCUT2D eigenvalue weighted by Gasteiger charge is 2.40. The molecule has 4 atom stereocenters. The molecule has 0 radical (unpaired) electrons. The van der Waals surface area contributed by atoms with Crippen LogP contribution in [0.1, 0.15) is 12.8 Å². The maximum atomic E-state index is 11.6. The van der Waals surface area contributed by atoms with E-state index in [4.69, 9.17) is 25.5 Å². The highest BCUT2D eigenvalue weighted by molar-refractivity contribution is 5.89. The Kier molecular flexibility index (Phi) is 7.99. The van der Waals surface area contributed by atoms with Crippen molar-refractivity contribution in [3.05, 3.63) is 0 Å². The summed E-state index contributed by atoms with van der Waals surface area (Å²) in [4.78, 5) is 65.6. The van der Waals surface area contributed by atoms with Crippen LogP contribution < -0.4 is 0 Å². The van der Waals surface area contributed by atoms with Crippen LogP contribution in [0.4, 0.5) is 0 Å². The Morgan fingerprint density at radius 3 is 1.48 bits per heavy atom. The number of esters is 1. The highest BCUT2D eigenvalue weighted by Crippen LogP contribution is 2.18. The van der Waals surface area contributed by atoms with E-state index in [0.29, 0.717) is 0 Å². The third kappa shape index (κ3) is 6.82. The fourth-order valence-electron chi connectivity index (χ4n) is 1.69. The summed E-state index contributed by atoms with van der Waals surface area (Å²) in [5, 5.41) is 52.8. The normalized spacial score (nSPS) is 15.2. The predicted molar refractivity (Wildman–Crippen MR) is 70.3 cm³/mol. The number of carboxylic acid groups (broad SMARTS) is 5. The molecule has 0 aromatic rings. The van der Waals surface area contributed by atoms with Gasteiger partial charge in [-0.3, -0.25) is 19.2 Å². The molecule has 0 fully saturated rings. The molecular formula is C12H14O13. The Labute approximate surface area is 138 Å². The number of aliphatic carboxylic acids is 5. The Bertz CT molecular complexity index is 580. The van der Waals surface area contributed by atoms with Gasteiger partial charge >= 0.3 is 35.8 Å². The first kappa shape index (κ1) is 21.8. The molecule has 25 heavy (non-hydrogen) atoms. The van der Waals surface area contributed by atoms with Gasteiger partial charge in [0.2, 0.25) is 6.10 Å². The molecule has 0 aliphatic rings. The van der Waals surface area contributed by atoms with Crippen LogP contribution in [-0.4, -0.2) is 78.7 Å². The van der Waals surface area contributed by atoms with Crippen molar-refractivity contribution in [2.24, 2.45) is 11.8 Å². The number of aliphatic hydroxyl groups excluding tert-OH is 1. The Morgan fingerprint density at radius 1 is 0.680 bits per heavy atom. The van der Waals surface area contributed by atoms with Crippen molar-refractivity contribution in [3.63, 3.8) is 0 Å². The number of aliphatic hydroxyl groups is 1. The molecule has 0 aliphatic carbocycles. The number of hydrogen-bond donors (Lipinski definition) is 6. The predicted octanol–water partition coefficient (Wildman–Crippen LogP) is -2.31. The van der Waals surface area contributed by atoms with Crippen LogP contribution in [0.2, 0.25) is 0 Å². The number of carbonyl (C=O) groups is 6. The van der Waals surface area contributed by atoms with Gasteiger partial charge in [-0.25, -0.2) is 9.59 Å². The van der Waals surface area contributed by atoms with E-state index in [1.54, 1.807) is 0 Å². The number of hydrogen-bond acceptors (Lipinski definition) is 8. The van der Waals surface area contributed by atoms with Crippen molar-refractivity contribution < 1.29 is 64.1 Å². The molecule has 13 heteroatoms. The first-order valence-corrected chi connectivity index (χ1v) is 6.39. The van der Waals surface area contributed by atoms with Gasteiger partial charge < -0.3 is 35.4 Å². The van der Waals surface area contributed by atoms with Crippen LogP contribution in [0.3, 0.4) is 0 Å². The lowest BCUT2D eigenvalue weighted by Crippen LogP contribution is -2.42. The van der Waals surface area contributed by atoms with E-state index in [1.165, 1.54) is 0 Å². The molecule has 0 aromatic carbocycles. The minimum atomic E-state index is -2.51. The third-order valence-corrected chi connectivity index (χ3v) is 2.92. The lowest BCUT2D eigenvalue weighted by atomic mass is 9.97. The lowest BCUT2D eigenvalue weighted by molar-refractivity contribution is -0.177. The van der Waals surface area contributed by atoms with E-state index < -0.39 is 72.7 Å². The van der Waals surface area contributed by atoms with Crippen LogP contribution >= 0.6 is 0 Å². The van der Waals surface area contributed by atoms with Gasteiger partial charge in [-0.2, -0.15) is 0 Å². The van der Waals surface area contributed by atoms with E-state index in [9.17, 15) is 33.9 Å². The number of carbonyl (C=O) groups excluding carboxylic acids is 1. The van der Waals surface area contributed by atoms with E-state index in [-0.39, 0.29) is 0 Å². The van der Waals surface area contributed by atoms with Gasteiger partial charge in [-0.15, -0.1) is 0 Å². The summed E-state index contributed by atoms with van der Waals surface area (Å²) in [5.41, 5.74) is 0. The minimum absolute atomic E-state index is 1.21. The maximum absolute atomic E-state index is 11.6. The van der Waals surface area contributed by atoms with Gasteiger partial charge in [0.15, 0.2) is 6.10 Å². The van der Waals surface area contributed by atoms with Crippen molar-refractivity contribution in [1.29, 1.82) is 0 Å². The summed E-state index contributed by atoms with van der Waals surface area (Å²) in [6, 6.07) is 0. The average molecular weight is 366 g/mol. The molecule has 4 unspecified atom stereocenters. The average Bonchev–Trinajstić information content (AvgIpc) is 2.46. The van der Waals surface area contributed by atoms with E-state index in [2.05, 4.69) is 4.74 Å². The summed E-state index contributed by atoms with van der Waals surface area (Å²) >= 11 is 0.